The molecule has 0 fully saturated rings. The topological polar surface area (TPSA) is 54.9 Å². The molecule has 0 bridgehead atoms. The van der Waals surface area contributed by atoms with Gasteiger partial charge in [0.05, 0.1) is 17.0 Å². The minimum atomic E-state index is -4.53. The molecule has 1 N–H and O–H groups in total. The van der Waals surface area contributed by atoms with Gasteiger partial charge < -0.3 is 5.32 Å². The van der Waals surface area contributed by atoms with Crippen LogP contribution < -0.4 is 5.32 Å². The van der Waals surface area contributed by atoms with Gasteiger partial charge >= 0.3 is 6.18 Å². The summed E-state index contributed by atoms with van der Waals surface area (Å²) in [5, 5.41) is 4.12. The average molecular weight is 438 g/mol. The molecule has 4 rings (SSSR count). The molecule has 4 nitrogen and oxygen atoms in total. The zero-order chi connectivity index (χ0) is 20.6. The molecule has 0 saturated carbocycles. The number of hydrogen-bond donors (Lipinski definition) is 1. The lowest BCUT2D eigenvalue weighted by Crippen LogP contribution is -2.18. The number of anilines is 1. The first-order chi connectivity index (χ1) is 13.8. The van der Waals surface area contributed by atoms with E-state index in [2.05, 4.69) is 15.3 Å². The fraction of sp³-hybridized carbons (Fsp3) is 0.350. The van der Waals surface area contributed by atoms with E-state index < -0.39 is 17.6 Å². The van der Waals surface area contributed by atoms with Crippen molar-refractivity contribution in [3.05, 3.63) is 46.1 Å². The van der Waals surface area contributed by atoms with Gasteiger partial charge in [0.25, 0.3) is 0 Å². The molecule has 0 atom stereocenters. The Hall–Kier alpha value is -2.13. The maximum Gasteiger partial charge on any atom is 0.418 e. The average Bonchev–Trinajstić information content (AvgIpc) is 3.03. The van der Waals surface area contributed by atoms with Gasteiger partial charge in [-0.25, -0.2) is 9.97 Å². The van der Waals surface area contributed by atoms with Crippen molar-refractivity contribution in [1.29, 1.82) is 0 Å². The van der Waals surface area contributed by atoms with Crippen LogP contribution in [0.15, 0.2) is 29.3 Å². The second-order valence-corrected chi connectivity index (χ2v) is 8.89. The number of thioether (sulfide) groups is 1. The highest BCUT2D eigenvalue weighted by Crippen LogP contribution is 2.40. The van der Waals surface area contributed by atoms with E-state index >= 15 is 0 Å². The predicted octanol–water partition coefficient (Wildman–Crippen LogP) is 5.63. The van der Waals surface area contributed by atoms with Gasteiger partial charge in [-0.2, -0.15) is 13.2 Å². The van der Waals surface area contributed by atoms with Crippen LogP contribution in [0.4, 0.5) is 18.9 Å². The minimum Gasteiger partial charge on any atom is -0.325 e. The van der Waals surface area contributed by atoms with Crippen LogP contribution in [0.2, 0.25) is 0 Å². The summed E-state index contributed by atoms with van der Waals surface area (Å²) in [6, 6.07) is 4.98. The van der Waals surface area contributed by atoms with Gasteiger partial charge in [0.2, 0.25) is 5.91 Å². The molecular weight excluding hydrogens is 419 g/mol. The largest absolute Gasteiger partial charge is 0.418 e. The molecule has 152 valence electrons. The number of nitrogens with zero attached hydrogens (tertiary/aromatic N) is 2. The van der Waals surface area contributed by atoms with E-state index in [9.17, 15) is 18.0 Å². The maximum absolute atomic E-state index is 13.1. The van der Waals surface area contributed by atoms with Crippen LogP contribution in [-0.4, -0.2) is 21.6 Å². The Kier molecular flexibility index (Phi) is 5.52. The molecule has 1 aliphatic rings. The summed E-state index contributed by atoms with van der Waals surface area (Å²) in [5.41, 5.74) is 0.176. The lowest BCUT2D eigenvalue weighted by molar-refractivity contribution is -0.137. The van der Waals surface area contributed by atoms with Crippen LogP contribution in [0.3, 0.4) is 0 Å². The van der Waals surface area contributed by atoms with E-state index in [4.69, 9.17) is 0 Å². The number of alkyl halides is 3. The van der Waals surface area contributed by atoms with Gasteiger partial charge in [0.1, 0.15) is 15.7 Å². The molecule has 1 aromatic carbocycles. The molecule has 9 heteroatoms. The Morgan fingerprint density at radius 1 is 1.21 bits per heavy atom. The molecule has 2 aromatic heterocycles. The Bertz CT molecular complexity index is 1080. The number of carbonyl (C=O) groups excluding carboxylic acids is 1. The van der Waals surface area contributed by atoms with Crippen molar-refractivity contribution < 1.29 is 18.0 Å². The van der Waals surface area contributed by atoms with Gasteiger partial charge in [-0.3, -0.25) is 4.79 Å². The number of benzene rings is 1. The highest BCUT2D eigenvalue weighted by atomic mass is 32.2. The molecule has 3 aromatic rings. The van der Waals surface area contributed by atoms with Gasteiger partial charge in [-0.15, -0.1) is 11.3 Å². The summed E-state index contributed by atoms with van der Waals surface area (Å²) in [6.45, 7) is 1.81. The third-order valence-electron chi connectivity index (χ3n) is 4.74. The second-order valence-electron chi connectivity index (χ2n) is 6.85. The molecule has 0 saturated heterocycles. The summed E-state index contributed by atoms with van der Waals surface area (Å²) >= 11 is 2.92. The van der Waals surface area contributed by atoms with Crippen molar-refractivity contribution in [3.63, 3.8) is 0 Å². The second kappa shape index (κ2) is 7.95. The molecule has 29 heavy (non-hydrogen) atoms. The summed E-state index contributed by atoms with van der Waals surface area (Å²) in [6.07, 6.45) is -0.237. The van der Waals surface area contributed by atoms with Crippen LogP contribution in [0.1, 0.15) is 34.7 Å². The maximum atomic E-state index is 13.1. The number of nitrogens with one attached hydrogen (secondary N) is 1. The smallest absolute Gasteiger partial charge is 0.325 e. The Balaban J connectivity index is 1.55. The van der Waals surface area contributed by atoms with Crippen LogP contribution in [-0.2, 0) is 23.8 Å². The third-order valence-corrected chi connectivity index (χ3v) is 6.90. The van der Waals surface area contributed by atoms with Gasteiger partial charge in [0.15, 0.2) is 0 Å². The Morgan fingerprint density at radius 2 is 1.97 bits per heavy atom. The van der Waals surface area contributed by atoms with Crippen LogP contribution in [0.25, 0.3) is 10.2 Å². The molecule has 0 unspecified atom stereocenters. The number of fused-ring (bicyclic) bond motifs is 3. The van der Waals surface area contributed by atoms with E-state index in [1.54, 1.807) is 11.3 Å². The van der Waals surface area contributed by atoms with Gasteiger partial charge in [-0.05, 0) is 50.3 Å². The normalized spacial score (nSPS) is 14.1. The van der Waals surface area contributed by atoms with E-state index in [0.717, 1.165) is 47.0 Å². The van der Waals surface area contributed by atoms with Crippen molar-refractivity contribution in [3.8, 4) is 0 Å². The highest BCUT2D eigenvalue weighted by Gasteiger charge is 2.33. The van der Waals surface area contributed by atoms with E-state index in [1.165, 1.54) is 40.4 Å². The number of halogens is 3. The van der Waals surface area contributed by atoms with Crippen molar-refractivity contribution in [1.82, 2.24) is 9.97 Å². The number of hydrogen-bond acceptors (Lipinski definition) is 5. The summed E-state index contributed by atoms with van der Waals surface area (Å²) in [7, 11) is 0. The number of amides is 1. The monoisotopic (exact) mass is 437 g/mol. The quantitative estimate of drug-likeness (QED) is 0.425. The van der Waals surface area contributed by atoms with E-state index in [1.807, 2.05) is 6.92 Å². The summed E-state index contributed by atoms with van der Waals surface area (Å²) in [5.74, 6) is 0.101. The molecule has 2 heterocycles. The molecule has 0 radical (unpaired) electrons. The molecular formula is C20H18F3N3OS2. The number of carbonyl (C=O) groups is 1. The number of rotatable bonds is 4. The molecule has 0 aliphatic heterocycles. The number of aromatic nitrogens is 2. The first-order valence-corrected chi connectivity index (χ1v) is 11.0. The Labute approximate surface area is 173 Å². The van der Waals surface area contributed by atoms with Crippen LogP contribution in [0, 0.1) is 6.92 Å². The molecule has 0 spiro atoms. The fourth-order valence-corrected chi connectivity index (χ4v) is 5.76. The SMILES string of the molecule is Cc1nc(SCC(=O)Nc2ccccc2C(F)(F)F)c2c3c(sc2n1)CCCC3. The van der Waals surface area contributed by atoms with Crippen molar-refractivity contribution >= 4 is 44.9 Å². The van der Waals surface area contributed by atoms with Crippen LogP contribution >= 0.6 is 23.1 Å². The first-order valence-electron chi connectivity index (χ1n) is 9.20. The summed E-state index contributed by atoms with van der Waals surface area (Å²) in [4.78, 5) is 23.7. The van der Waals surface area contributed by atoms with Crippen molar-refractivity contribution in [2.45, 2.75) is 43.8 Å². The minimum absolute atomic E-state index is 0.0254. The zero-order valence-electron chi connectivity index (χ0n) is 15.6. The van der Waals surface area contributed by atoms with E-state index in [0.29, 0.717) is 5.82 Å². The molecule has 1 aliphatic carbocycles. The lowest BCUT2D eigenvalue weighted by Gasteiger charge is -2.14. The zero-order valence-corrected chi connectivity index (χ0v) is 17.2. The van der Waals surface area contributed by atoms with Crippen molar-refractivity contribution in [2.75, 3.05) is 11.1 Å². The van der Waals surface area contributed by atoms with Crippen molar-refractivity contribution in [2.24, 2.45) is 0 Å². The highest BCUT2D eigenvalue weighted by molar-refractivity contribution is 8.00. The summed E-state index contributed by atoms with van der Waals surface area (Å²) < 4.78 is 39.4. The van der Waals surface area contributed by atoms with Crippen LogP contribution in [0.5, 0.6) is 0 Å². The lowest BCUT2D eigenvalue weighted by atomic mass is 9.97. The predicted molar refractivity (Wildman–Crippen MR) is 110 cm³/mol. The van der Waals surface area contributed by atoms with Gasteiger partial charge in [-0.1, -0.05) is 23.9 Å². The van der Waals surface area contributed by atoms with Gasteiger partial charge in [0, 0.05) is 10.3 Å². The molecule has 1 amide bonds. The number of thiophene rings is 1. The van der Waals surface area contributed by atoms with E-state index in [-0.39, 0.29) is 11.4 Å². The first kappa shape index (κ1) is 20.2. The third kappa shape index (κ3) is 4.25. The fourth-order valence-electron chi connectivity index (χ4n) is 3.49. The number of para-hydroxylation sites is 1. The Morgan fingerprint density at radius 3 is 2.76 bits per heavy atom. The number of aryl methyl sites for hydroxylation is 3. The standard InChI is InChI=1S/C20H18F3N3OS2/c1-11-24-18(17-12-6-2-5-9-15(12)29-19(17)25-11)28-10-16(27)26-14-8-4-3-7-13(14)20(21,22)23/h3-4,7-8H,2,5-6,9-10H2,1H3,(H,26,27).